The highest BCUT2D eigenvalue weighted by atomic mass is 79.9. The molecule has 0 spiro atoms. The summed E-state index contributed by atoms with van der Waals surface area (Å²) in [6.07, 6.45) is 0.893. The van der Waals surface area contributed by atoms with Crippen LogP contribution in [0.2, 0.25) is 0 Å². The van der Waals surface area contributed by atoms with Gasteiger partial charge in [0.05, 0.1) is 14.5 Å². The second kappa shape index (κ2) is 8.05. The molecule has 1 aromatic heterocycles. The average Bonchev–Trinajstić information content (AvgIpc) is 2.62. The SMILES string of the molecule is CCc1ccc2cc(Oc3c(Br)cc(OCC(=O)O)cc3Br)ccc2n1. The maximum atomic E-state index is 10.6. The smallest absolute Gasteiger partial charge is 0.341 e. The number of carbonyl (C=O) groups is 1. The van der Waals surface area contributed by atoms with Crippen molar-refractivity contribution < 1.29 is 19.4 Å². The van der Waals surface area contributed by atoms with Crippen molar-refractivity contribution >= 4 is 48.7 Å². The molecule has 134 valence electrons. The number of aromatic nitrogens is 1. The number of carboxylic acids is 1. The maximum Gasteiger partial charge on any atom is 0.341 e. The topological polar surface area (TPSA) is 68.7 Å². The van der Waals surface area contributed by atoms with E-state index in [1.165, 1.54) is 0 Å². The molecule has 0 aliphatic heterocycles. The molecule has 1 heterocycles. The molecule has 0 saturated carbocycles. The average molecular weight is 481 g/mol. The van der Waals surface area contributed by atoms with Crippen LogP contribution in [0.15, 0.2) is 51.4 Å². The summed E-state index contributed by atoms with van der Waals surface area (Å²) in [6.45, 7) is 1.67. The van der Waals surface area contributed by atoms with Crippen LogP contribution in [-0.4, -0.2) is 22.7 Å². The van der Waals surface area contributed by atoms with Crippen molar-refractivity contribution in [2.24, 2.45) is 0 Å². The molecule has 3 rings (SSSR count). The molecule has 26 heavy (non-hydrogen) atoms. The van der Waals surface area contributed by atoms with Gasteiger partial charge in [0.2, 0.25) is 0 Å². The number of aryl methyl sites for hydroxylation is 1. The van der Waals surface area contributed by atoms with E-state index in [2.05, 4.69) is 43.8 Å². The normalized spacial score (nSPS) is 10.7. The standard InChI is InChI=1S/C19H15Br2NO4/c1-2-12-4-3-11-7-13(5-6-17(11)22-12)26-19-15(20)8-14(9-16(19)21)25-10-18(23)24/h3-9H,2,10H2,1H3,(H,23,24). The fourth-order valence-electron chi connectivity index (χ4n) is 2.39. The number of carboxylic acid groups (broad SMARTS) is 1. The lowest BCUT2D eigenvalue weighted by molar-refractivity contribution is -0.139. The highest BCUT2D eigenvalue weighted by molar-refractivity contribution is 9.11. The first-order valence-corrected chi connectivity index (χ1v) is 9.46. The number of nitrogens with zero attached hydrogens (tertiary/aromatic N) is 1. The Labute approximate surface area is 167 Å². The van der Waals surface area contributed by atoms with Crippen molar-refractivity contribution in [1.29, 1.82) is 0 Å². The van der Waals surface area contributed by atoms with Crippen LogP contribution in [0, 0.1) is 0 Å². The molecule has 5 nitrogen and oxygen atoms in total. The molecule has 0 aliphatic carbocycles. The first-order chi connectivity index (χ1) is 12.5. The third-order valence-electron chi connectivity index (χ3n) is 3.63. The highest BCUT2D eigenvalue weighted by Crippen LogP contribution is 2.40. The minimum atomic E-state index is -1.03. The summed E-state index contributed by atoms with van der Waals surface area (Å²) in [4.78, 5) is 15.2. The minimum Gasteiger partial charge on any atom is -0.482 e. The van der Waals surface area contributed by atoms with E-state index in [9.17, 15) is 4.79 Å². The molecular formula is C19H15Br2NO4. The van der Waals surface area contributed by atoms with Gasteiger partial charge in [0.1, 0.15) is 11.5 Å². The number of pyridine rings is 1. The van der Waals surface area contributed by atoms with E-state index in [1.54, 1.807) is 12.1 Å². The lowest BCUT2D eigenvalue weighted by atomic mass is 10.2. The second-order valence-electron chi connectivity index (χ2n) is 5.51. The molecule has 1 N–H and O–H groups in total. The molecule has 0 atom stereocenters. The molecule has 7 heteroatoms. The number of hydrogen-bond acceptors (Lipinski definition) is 4. The summed E-state index contributed by atoms with van der Waals surface area (Å²) in [6, 6.07) is 13.1. The summed E-state index contributed by atoms with van der Waals surface area (Å²) in [5.74, 6) is 0.635. The Hall–Kier alpha value is -2.12. The predicted molar refractivity (Wildman–Crippen MR) is 106 cm³/mol. The Morgan fingerprint density at radius 2 is 1.81 bits per heavy atom. The minimum absolute atomic E-state index is 0.406. The van der Waals surface area contributed by atoms with Gasteiger partial charge in [0, 0.05) is 11.1 Å². The van der Waals surface area contributed by atoms with Crippen molar-refractivity contribution in [3.63, 3.8) is 0 Å². The van der Waals surface area contributed by atoms with E-state index in [-0.39, 0.29) is 0 Å². The zero-order valence-electron chi connectivity index (χ0n) is 13.8. The number of aliphatic carboxylic acids is 1. The number of benzene rings is 2. The van der Waals surface area contributed by atoms with Gasteiger partial charge in [-0.05, 0) is 74.7 Å². The molecule has 0 amide bonds. The van der Waals surface area contributed by atoms with E-state index in [4.69, 9.17) is 14.6 Å². The van der Waals surface area contributed by atoms with E-state index >= 15 is 0 Å². The van der Waals surface area contributed by atoms with Gasteiger partial charge in [-0.1, -0.05) is 13.0 Å². The first kappa shape index (κ1) is 18.7. The molecule has 0 saturated heterocycles. The van der Waals surface area contributed by atoms with Gasteiger partial charge in [-0.2, -0.15) is 0 Å². The van der Waals surface area contributed by atoms with Crippen LogP contribution in [0.3, 0.4) is 0 Å². The van der Waals surface area contributed by atoms with Crippen LogP contribution in [0.5, 0.6) is 17.2 Å². The molecule has 0 aliphatic rings. The van der Waals surface area contributed by atoms with Crippen molar-refractivity contribution in [3.05, 3.63) is 57.1 Å². The largest absolute Gasteiger partial charge is 0.482 e. The third-order valence-corrected chi connectivity index (χ3v) is 4.81. The van der Waals surface area contributed by atoms with Crippen LogP contribution in [0.25, 0.3) is 10.9 Å². The summed E-state index contributed by atoms with van der Waals surface area (Å²) in [7, 11) is 0. The number of ether oxygens (including phenoxy) is 2. The summed E-state index contributed by atoms with van der Waals surface area (Å²) in [5.41, 5.74) is 1.97. The monoisotopic (exact) mass is 479 g/mol. The number of rotatable bonds is 6. The van der Waals surface area contributed by atoms with Gasteiger partial charge >= 0.3 is 5.97 Å². The fourth-order valence-corrected chi connectivity index (χ4v) is 3.69. The quantitative estimate of drug-likeness (QED) is 0.498. The summed E-state index contributed by atoms with van der Waals surface area (Å²) < 4.78 is 12.5. The van der Waals surface area contributed by atoms with Crippen molar-refractivity contribution in [3.8, 4) is 17.2 Å². The Morgan fingerprint density at radius 3 is 2.46 bits per heavy atom. The Bertz CT molecular complexity index is 952. The molecule has 0 bridgehead atoms. The predicted octanol–water partition coefficient (Wildman–Crippen LogP) is 5.58. The first-order valence-electron chi connectivity index (χ1n) is 7.87. The number of hydrogen-bond donors (Lipinski definition) is 1. The zero-order valence-corrected chi connectivity index (χ0v) is 17.0. The van der Waals surface area contributed by atoms with Crippen molar-refractivity contribution in [1.82, 2.24) is 4.98 Å². The van der Waals surface area contributed by atoms with Crippen LogP contribution in [0.1, 0.15) is 12.6 Å². The number of halogens is 2. The van der Waals surface area contributed by atoms with Gasteiger partial charge < -0.3 is 14.6 Å². The lowest BCUT2D eigenvalue weighted by Crippen LogP contribution is -2.09. The fraction of sp³-hybridized carbons (Fsp3) is 0.158. The van der Waals surface area contributed by atoms with E-state index in [0.29, 0.717) is 26.2 Å². The summed E-state index contributed by atoms with van der Waals surface area (Å²) in [5, 5.41) is 9.70. The van der Waals surface area contributed by atoms with Crippen LogP contribution in [-0.2, 0) is 11.2 Å². The van der Waals surface area contributed by atoms with Crippen LogP contribution < -0.4 is 9.47 Å². The Morgan fingerprint density at radius 1 is 1.08 bits per heavy atom. The van der Waals surface area contributed by atoms with Gasteiger partial charge in [0.15, 0.2) is 12.4 Å². The van der Waals surface area contributed by atoms with Gasteiger partial charge in [0.25, 0.3) is 0 Å². The van der Waals surface area contributed by atoms with Crippen molar-refractivity contribution in [2.45, 2.75) is 13.3 Å². The Kier molecular flexibility index (Phi) is 5.78. The van der Waals surface area contributed by atoms with E-state index in [1.807, 2.05) is 30.3 Å². The molecule has 0 unspecified atom stereocenters. The van der Waals surface area contributed by atoms with E-state index < -0.39 is 12.6 Å². The van der Waals surface area contributed by atoms with E-state index in [0.717, 1.165) is 23.0 Å². The summed E-state index contributed by atoms with van der Waals surface area (Å²) >= 11 is 6.87. The molecule has 3 aromatic rings. The maximum absolute atomic E-state index is 10.6. The van der Waals surface area contributed by atoms with Gasteiger partial charge in [-0.25, -0.2) is 4.79 Å². The van der Waals surface area contributed by atoms with Gasteiger partial charge in [-0.15, -0.1) is 0 Å². The van der Waals surface area contributed by atoms with Crippen LogP contribution in [0.4, 0.5) is 0 Å². The Balaban J connectivity index is 1.86. The second-order valence-corrected chi connectivity index (χ2v) is 7.22. The lowest BCUT2D eigenvalue weighted by Gasteiger charge is -2.13. The molecule has 0 radical (unpaired) electrons. The highest BCUT2D eigenvalue weighted by Gasteiger charge is 2.12. The van der Waals surface area contributed by atoms with Crippen LogP contribution >= 0.6 is 31.9 Å². The molecule has 0 fully saturated rings. The van der Waals surface area contributed by atoms with Gasteiger partial charge in [-0.3, -0.25) is 4.98 Å². The third kappa shape index (κ3) is 4.34. The molecular weight excluding hydrogens is 466 g/mol. The molecule has 2 aromatic carbocycles. The number of fused-ring (bicyclic) bond motifs is 1. The van der Waals surface area contributed by atoms with Crippen molar-refractivity contribution in [2.75, 3.05) is 6.61 Å². The zero-order chi connectivity index (χ0) is 18.7.